The first-order valence-electron chi connectivity index (χ1n) is 11.4. The van der Waals surface area contributed by atoms with Crippen LogP contribution in [0.4, 0.5) is 0 Å². The molecule has 3 aromatic rings. The third-order valence-electron chi connectivity index (χ3n) is 6.41. The van der Waals surface area contributed by atoms with Crippen molar-refractivity contribution < 1.29 is 24.0 Å². The maximum Gasteiger partial charge on any atom is 0.262 e. The van der Waals surface area contributed by atoms with Gasteiger partial charge in [0.1, 0.15) is 6.04 Å². The number of amides is 5. The maximum atomic E-state index is 12.9. The van der Waals surface area contributed by atoms with Crippen LogP contribution in [0.1, 0.15) is 61.6 Å². The first kappa shape index (κ1) is 22.5. The Hall–Kier alpha value is -4.34. The topological polar surface area (TPSA) is 130 Å². The largest absolute Gasteiger partial charge is 0.352 e. The van der Waals surface area contributed by atoms with Crippen LogP contribution in [-0.4, -0.2) is 56.6 Å². The minimum absolute atomic E-state index is 0.0790. The Labute approximate surface area is 200 Å². The summed E-state index contributed by atoms with van der Waals surface area (Å²) < 4.78 is 1.72. The van der Waals surface area contributed by atoms with Gasteiger partial charge in [0.2, 0.25) is 11.8 Å². The van der Waals surface area contributed by atoms with Crippen LogP contribution in [0.2, 0.25) is 0 Å². The van der Waals surface area contributed by atoms with E-state index in [2.05, 4.69) is 15.7 Å². The molecule has 2 aromatic heterocycles. The number of fused-ring (bicyclic) bond motifs is 2. The minimum Gasteiger partial charge on any atom is -0.352 e. The van der Waals surface area contributed by atoms with Crippen LogP contribution >= 0.6 is 0 Å². The number of aryl methyl sites for hydroxylation is 2. The smallest absolute Gasteiger partial charge is 0.262 e. The fourth-order valence-electron chi connectivity index (χ4n) is 4.59. The highest BCUT2D eigenvalue weighted by Crippen LogP contribution is 2.28. The number of carbonyl (C=O) groups is 5. The van der Waals surface area contributed by atoms with E-state index in [1.807, 2.05) is 25.1 Å². The summed E-state index contributed by atoms with van der Waals surface area (Å²) >= 11 is 0. The number of piperidine rings is 1. The van der Waals surface area contributed by atoms with Gasteiger partial charge in [-0.05, 0) is 56.0 Å². The van der Waals surface area contributed by atoms with Crippen molar-refractivity contribution in [2.45, 2.75) is 38.6 Å². The first-order chi connectivity index (χ1) is 16.8. The molecule has 0 spiro atoms. The standard InChI is InChI=1S/C25H23N5O5/c1-14-4-2-6-19-18(13-27-30(14)19)22(32)26-11-3-5-15-7-8-16-17(12-15)25(35)29(24(16)34)20-9-10-21(31)28-23(20)33/h2,4,6-8,12-13,20H,3,5,9-11H2,1H3,(H,26,32)(H,28,31,33). The SMILES string of the molecule is Cc1cccc2c(C(=O)NCCCc3ccc4c(c3)C(=O)N(C3CCC(=O)NC3=O)C4=O)cnn12. The van der Waals surface area contributed by atoms with Gasteiger partial charge in [-0.1, -0.05) is 12.1 Å². The molecule has 10 heteroatoms. The highest BCUT2D eigenvalue weighted by atomic mass is 16.2. The molecule has 1 unspecified atom stereocenters. The highest BCUT2D eigenvalue weighted by molar-refractivity contribution is 6.23. The monoisotopic (exact) mass is 473 g/mol. The molecule has 0 saturated carbocycles. The molecule has 1 atom stereocenters. The van der Waals surface area contributed by atoms with Gasteiger partial charge < -0.3 is 5.32 Å². The van der Waals surface area contributed by atoms with Gasteiger partial charge in [0.25, 0.3) is 17.7 Å². The lowest BCUT2D eigenvalue weighted by Crippen LogP contribution is -2.54. The molecule has 2 N–H and O–H groups in total. The Bertz CT molecular complexity index is 1410. The van der Waals surface area contributed by atoms with E-state index in [0.29, 0.717) is 24.9 Å². The van der Waals surface area contributed by atoms with Crippen LogP contribution in [-0.2, 0) is 16.0 Å². The molecule has 35 heavy (non-hydrogen) atoms. The van der Waals surface area contributed by atoms with Crippen LogP contribution in [0, 0.1) is 6.92 Å². The summed E-state index contributed by atoms with van der Waals surface area (Å²) in [5, 5.41) is 9.35. The zero-order valence-electron chi connectivity index (χ0n) is 19.0. The summed E-state index contributed by atoms with van der Waals surface area (Å²) in [5.41, 5.74) is 3.52. The zero-order valence-corrected chi connectivity index (χ0v) is 19.0. The second-order valence-corrected chi connectivity index (χ2v) is 8.71. The molecule has 5 amide bonds. The number of hydrogen-bond acceptors (Lipinski definition) is 6. The van der Waals surface area contributed by atoms with Gasteiger partial charge in [0, 0.05) is 18.7 Å². The number of hydrogen-bond donors (Lipinski definition) is 2. The molecule has 178 valence electrons. The Kier molecular flexibility index (Phi) is 5.64. The van der Waals surface area contributed by atoms with E-state index < -0.39 is 29.7 Å². The number of aromatic nitrogens is 2. The van der Waals surface area contributed by atoms with Crippen LogP contribution in [0.15, 0.2) is 42.6 Å². The summed E-state index contributed by atoms with van der Waals surface area (Å²) in [6.07, 6.45) is 2.96. The normalized spacial score (nSPS) is 17.6. The fourth-order valence-corrected chi connectivity index (χ4v) is 4.59. The molecule has 0 bridgehead atoms. The lowest BCUT2D eigenvalue weighted by molar-refractivity contribution is -0.136. The predicted octanol–water partition coefficient (Wildman–Crippen LogP) is 1.41. The molecule has 2 aliphatic rings. The zero-order chi connectivity index (χ0) is 24.7. The summed E-state index contributed by atoms with van der Waals surface area (Å²) in [6.45, 7) is 2.34. The first-order valence-corrected chi connectivity index (χ1v) is 11.4. The summed E-state index contributed by atoms with van der Waals surface area (Å²) in [5.74, 6) is -2.30. The summed E-state index contributed by atoms with van der Waals surface area (Å²) in [6, 6.07) is 9.69. The Morgan fingerprint density at radius 1 is 1.11 bits per heavy atom. The van der Waals surface area contributed by atoms with Crippen molar-refractivity contribution >= 4 is 35.1 Å². The van der Waals surface area contributed by atoms with Crippen LogP contribution in [0.5, 0.6) is 0 Å². The van der Waals surface area contributed by atoms with Crippen molar-refractivity contribution in [3.8, 4) is 0 Å². The number of imide groups is 2. The van der Waals surface area contributed by atoms with Gasteiger partial charge in [-0.2, -0.15) is 5.10 Å². The molecule has 1 aromatic carbocycles. The maximum absolute atomic E-state index is 12.9. The van der Waals surface area contributed by atoms with Gasteiger partial charge in [0.15, 0.2) is 0 Å². The van der Waals surface area contributed by atoms with E-state index >= 15 is 0 Å². The molecule has 5 rings (SSSR count). The van der Waals surface area contributed by atoms with E-state index in [4.69, 9.17) is 0 Å². The Morgan fingerprint density at radius 3 is 2.71 bits per heavy atom. The second kappa shape index (κ2) is 8.79. The molecule has 0 aliphatic carbocycles. The molecule has 0 radical (unpaired) electrons. The number of pyridine rings is 1. The quantitative estimate of drug-likeness (QED) is 0.411. The van der Waals surface area contributed by atoms with Crippen molar-refractivity contribution in [1.82, 2.24) is 25.1 Å². The number of nitrogens with zero attached hydrogens (tertiary/aromatic N) is 3. The van der Waals surface area contributed by atoms with E-state index in [1.54, 1.807) is 28.9 Å². The van der Waals surface area contributed by atoms with Crippen molar-refractivity contribution in [3.05, 3.63) is 70.5 Å². The van der Waals surface area contributed by atoms with E-state index in [9.17, 15) is 24.0 Å². The molecule has 1 fully saturated rings. The summed E-state index contributed by atoms with van der Waals surface area (Å²) in [7, 11) is 0. The third kappa shape index (κ3) is 3.96. The Morgan fingerprint density at radius 2 is 1.91 bits per heavy atom. The minimum atomic E-state index is -0.984. The number of benzene rings is 1. The van der Waals surface area contributed by atoms with Gasteiger partial charge >= 0.3 is 0 Å². The highest BCUT2D eigenvalue weighted by Gasteiger charge is 2.44. The fraction of sp³-hybridized carbons (Fsp3) is 0.280. The number of carbonyl (C=O) groups excluding carboxylic acids is 5. The van der Waals surface area contributed by atoms with E-state index in [0.717, 1.165) is 21.7 Å². The molecule has 4 heterocycles. The van der Waals surface area contributed by atoms with Crippen molar-refractivity contribution in [2.24, 2.45) is 0 Å². The molecule has 1 saturated heterocycles. The predicted molar refractivity (Wildman–Crippen MR) is 124 cm³/mol. The number of nitrogens with one attached hydrogen (secondary N) is 2. The lowest BCUT2D eigenvalue weighted by atomic mass is 10.0. The Balaban J connectivity index is 1.21. The molecular formula is C25H23N5O5. The lowest BCUT2D eigenvalue weighted by Gasteiger charge is -2.27. The van der Waals surface area contributed by atoms with Crippen LogP contribution in [0.3, 0.4) is 0 Å². The van der Waals surface area contributed by atoms with Crippen molar-refractivity contribution in [1.29, 1.82) is 0 Å². The van der Waals surface area contributed by atoms with E-state index in [-0.39, 0.29) is 29.9 Å². The third-order valence-corrected chi connectivity index (χ3v) is 6.41. The van der Waals surface area contributed by atoms with Gasteiger partial charge in [-0.25, -0.2) is 4.52 Å². The van der Waals surface area contributed by atoms with Crippen molar-refractivity contribution in [2.75, 3.05) is 6.54 Å². The van der Waals surface area contributed by atoms with Crippen molar-refractivity contribution in [3.63, 3.8) is 0 Å². The van der Waals surface area contributed by atoms with Crippen LogP contribution in [0.25, 0.3) is 5.52 Å². The van der Waals surface area contributed by atoms with Gasteiger partial charge in [-0.3, -0.25) is 34.2 Å². The van der Waals surface area contributed by atoms with Gasteiger partial charge in [0.05, 0.1) is 28.4 Å². The summed E-state index contributed by atoms with van der Waals surface area (Å²) in [4.78, 5) is 62.9. The molecule has 10 nitrogen and oxygen atoms in total. The molecular weight excluding hydrogens is 450 g/mol. The number of rotatable bonds is 6. The molecule has 2 aliphatic heterocycles. The van der Waals surface area contributed by atoms with Crippen LogP contribution < -0.4 is 10.6 Å². The average molecular weight is 473 g/mol. The van der Waals surface area contributed by atoms with E-state index in [1.165, 1.54) is 0 Å². The average Bonchev–Trinajstić information content (AvgIpc) is 3.37. The second-order valence-electron chi connectivity index (χ2n) is 8.71. The van der Waals surface area contributed by atoms with Gasteiger partial charge in [-0.15, -0.1) is 0 Å².